The maximum atomic E-state index is 12.9. The molecule has 0 fully saturated rings. The lowest BCUT2D eigenvalue weighted by Gasteiger charge is -2.13. The zero-order chi connectivity index (χ0) is 22.8. The Balaban J connectivity index is 1.56. The smallest absolute Gasteiger partial charge is 0.291 e. The summed E-state index contributed by atoms with van der Waals surface area (Å²) < 4.78 is 5.92. The molecule has 0 bridgehead atoms. The Morgan fingerprint density at radius 2 is 1.75 bits per heavy atom. The van der Waals surface area contributed by atoms with Crippen LogP contribution in [-0.4, -0.2) is 17.5 Å². The summed E-state index contributed by atoms with van der Waals surface area (Å²) in [6.07, 6.45) is 2.23. The van der Waals surface area contributed by atoms with Gasteiger partial charge in [0.05, 0.1) is 5.71 Å². The van der Waals surface area contributed by atoms with Gasteiger partial charge in [0.1, 0.15) is 5.76 Å². The number of nitrogens with one attached hydrogen (secondary N) is 2. The number of hydrazone groups is 1. The molecule has 164 valence electrons. The molecule has 1 heterocycles. The van der Waals surface area contributed by atoms with Crippen LogP contribution in [0.5, 0.6) is 0 Å². The van der Waals surface area contributed by atoms with Gasteiger partial charge in [-0.15, -0.1) is 0 Å². The van der Waals surface area contributed by atoms with Crippen LogP contribution >= 0.6 is 11.6 Å². The standard InChI is InChI=1S/C25H24ClN3O3/c1-14-7-10-17(11-8-14)24(30)29-28-20-5-4-6-21-22(20)16(3)23(32-21)25(31)27-18-12-9-15(2)19(26)13-18/h7-13H,4-6H2,1-3H3,(H,27,31)(H,29,30)/b28-20+. The maximum absolute atomic E-state index is 12.9. The molecule has 0 unspecified atom stereocenters. The summed E-state index contributed by atoms with van der Waals surface area (Å²) in [5.74, 6) is 0.329. The summed E-state index contributed by atoms with van der Waals surface area (Å²) in [6, 6.07) is 12.6. The van der Waals surface area contributed by atoms with Crippen molar-refractivity contribution < 1.29 is 14.0 Å². The maximum Gasteiger partial charge on any atom is 0.291 e. The van der Waals surface area contributed by atoms with E-state index in [0.29, 0.717) is 46.2 Å². The number of fused-ring (bicyclic) bond motifs is 1. The number of hydrogen-bond acceptors (Lipinski definition) is 4. The average Bonchev–Trinajstić information content (AvgIpc) is 3.12. The minimum atomic E-state index is -0.347. The molecule has 1 aliphatic carbocycles. The molecule has 6 nitrogen and oxygen atoms in total. The molecule has 7 heteroatoms. The van der Waals surface area contributed by atoms with E-state index in [-0.39, 0.29) is 17.6 Å². The van der Waals surface area contributed by atoms with Crippen molar-refractivity contribution in [3.63, 3.8) is 0 Å². The van der Waals surface area contributed by atoms with Crippen molar-refractivity contribution in [2.75, 3.05) is 5.32 Å². The molecular weight excluding hydrogens is 426 g/mol. The Labute approximate surface area is 191 Å². The lowest BCUT2D eigenvalue weighted by Crippen LogP contribution is -2.22. The molecule has 0 saturated carbocycles. The minimum Gasteiger partial charge on any atom is -0.455 e. The van der Waals surface area contributed by atoms with Crippen LogP contribution in [0, 0.1) is 20.8 Å². The van der Waals surface area contributed by atoms with E-state index in [1.54, 1.807) is 24.3 Å². The molecule has 2 amide bonds. The predicted molar refractivity (Wildman–Crippen MR) is 126 cm³/mol. The van der Waals surface area contributed by atoms with E-state index in [1.807, 2.05) is 39.0 Å². The van der Waals surface area contributed by atoms with Gasteiger partial charge in [-0.3, -0.25) is 9.59 Å². The highest BCUT2D eigenvalue weighted by Gasteiger charge is 2.28. The second-order valence-electron chi connectivity index (χ2n) is 7.99. The van der Waals surface area contributed by atoms with Crippen molar-refractivity contribution >= 4 is 34.8 Å². The van der Waals surface area contributed by atoms with Gasteiger partial charge in [-0.2, -0.15) is 5.10 Å². The number of anilines is 1. The third-order valence-electron chi connectivity index (χ3n) is 5.57. The monoisotopic (exact) mass is 449 g/mol. The molecule has 0 saturated heterocycles. The molecule has 3 aromatic rings. The highest BCUT2D eigenvalue weighted by molar-refractivity contribution is 6.31. The van der Waals surface area contributed by atoms with E-state index >= 15 is 0 Å². The lowest BCUT2D eigenvalue weighted by atomic mass is 9.93. The SMILES string of the molecule is Cc1ccc(C(=O)N/N=C2\CCCc3oc(C(=O)Nc4ccc(C)c(Cl)c4)c(C)c32)cc1. The van der Waals surface area contributed by atoms with Crippen LogP contribution in [0.1, 0.15) is 61.8 Å². The van der Waals surface area contributed by atoms with Crippen LogP contribution in [0.4, 0.5) is 5.69 Å². The number of halogens is 1. The number of benzene rings is 2. The Morgan fingerprint density at radius 3 is 2.47 bits per heavy atom. The number of carbonyl (C=O) groups excluding carboxylic acids is 2. The van der Waals surface area contributed by atoms with Crippen molar-refractivity contribution in [2.45, 2.75) is 40.0 Å². The highest BCUT2D eigenvalue weighted by atomic mass is 35.5. The zero-order valence-electron chi connectivity index (χ0n) is 18.2. The van der Waals surface area contributed by atoms with Gasteiger partial charge in [-0.05, 0) is 63.4 Å². The fraction of sp³-hybridized carbons (Fsp3) is 0.240. The Morgan fingerprint density at radius 1 is 1.00 bits per heavy atom. The van der Waals surface area contributed by atoms with Gasteiger partial charge in [0.25, 0.3) is 11.8 Å². The number of rotatable bonds is 4. The first-order valence-corrected chi connectivity index (χ1v) is 10.8. The van der Waals surface area contributed by atoms with Crippen LogP contribution in [0.25, 0.3) is 0 Å². The van der Waals surface area contributed by atoms with Gasteiger partial charge < -0.3 is 9.73 Å². The summed E-state index contributed by atoms with van der Waals surface area (Å²) in [7, 11) is 0. The molecule has 0 radical (unpaired) electrons. The molecule has 1 aliphatic rings. The number of amides is 2. The van der Waals surface area contributed by atoms with E-state index in [2.05, 4.69) is 15.8 Å². The first kappa shape index (κ1) is 21.8. The van der Waals surface area contributed by atoms with Gasteiger partial charge in [0.15, 0.2) is 5.76 Å². The molecule has 32 heavy (non-hydrogen) atoms. The average molecular weight is 450 g/mol. The van der Waals surface area contributed by atoms with Crippen LogP contribution in [-0.2, 0) is 6.42 Å². The molecule has 0 atom stereocenters. The van der Waals surface area contributed by atoms with Crippen molar-refractivity contribution in [1.29, 1.82) is 0 Å². The summed E-state index contributed by atoms with van der Waals surface area (Å²) >= 11 is 6.16. The lowest BCUT2D eigenvalue weighted by molar-refractivity contribution is 0.0953. The zero-order valence-corrected chi connectivity index (χ0v) is 19.0. The Hall–Kier alpha value is -3.38. The highest BCUT2D eigenvalue weighted by Crippen LogP contribution is 2.30. The Bertz CT molecular complexity index is 1230. The molecule has 2 N–H and O–H groups in total. The molecular formula is C25H24ClN3O3. The topological polar surface area (TPSA) is 83.7 Å². The first-order valence-electron chi connectivity index (χ1n) is 10.5. The van der Waals surface area contributed by atoms with Gasteiger partial charge >= 0.3 is 0 Å². The first-order chi connectivity index (χ1) is 15.3. The predicted octanol–water partition coefficient (Wildman–Crippen LogP) is 5.58. The number of furan rings is 1. The number of nitrogens with zero attached hydrogens (tertiary/aromatic N) is 1. The summed E-state index contributed by atoms with van der Waals surface area (Å²) in [6.45, 7) is 5.70. The molecule has 0 spiro atoms. The normalized spacial score (nSPS) is 14.2. The van der Waals surface area contributed by atoms with E-state index in [4.69, 9.17) is 16.0 Å². The molecule has 0 aliphatic heterocycles. The van der Waals surface area contributed by atoms with Crippen molar-refractivity contribution in [3.05, 3.63) is 86.8 Å². The van der Waals surface area contributed by atoms with Crippen molar-refractivity contribution in [2.24, 2.45) is 5.10 Å². The van der Waals surface area contributed by atoms with E-state index in [0.717, 1.165) is 23.1 Å². The van der Waals surface area contributed by atoms with Crippen molar-refractivity contribution in [3.8, 4) is 0 Å². The number of carbonyl (C=O) groups is 2. The molecule has 4 rings (SSSR count). The van der Waals surface area contributed by atoms with Gasteiger partial charge in [-0.1, -0.05) is 35.4 Å². The second kappa shape index (κ2) is 9.01. The Kier molecular flexibility index (Phi) is 6.15. The third kappa shape index (κ3) is 4.46. The van der Waals surface area contributed by atoms with Crippen LogP contribution in [0.2, 0.25) is 5.02 Å². The fourth-order valence-corrected chi connectivity index (χ4v) is 3.92. The van der Waals surface area contributed by atoms with Gasteiger partial charge in [0.2, 0.25) is 0 Å². The quantitative estimate of drug-likeness (QED) is 0.510. The minimum absolute atomic E-state index is 0.242. The summed E-state index contributed by atoms with van der Waals surface area (Å²) in [5, 5.41) is 7.79. The third-order valence-corrected chi connectivity index (χ3v) is 5.97. The van der Waals surface area contributed by atoms with E-state index in [1.165, 1.54) is 0 Å². The van der Waals surface area contributed by atoms with Crippen LogP contribution in [0.15, 0.2) is 52.0 Å². The van der Waals surface area contributed by atoms with E-state index in [9.17, 15) is 9.59 Å². The second-order valence-corrected chi connectivity index (χ2v) is 8.40. The molecule has 2 aromatic carbocycles. The molecule has 1 aromatic heterocycles. The summed E-state index contributed by atoms with van der Waals surface area (Å²) in [5.41, 5.74) is 8.01. The number of hydrogen-bond donors (Lipinski definition) is 2. The van der Waals surface area contributed by atoms with E-state index < -0.39 is 0 Å². The number of aryl methyl sites for hydroxylation is 3. The van der Waals surface area contributed by atoms with Gasteiger partial charge in [-0.25, -0.2) is 5.43 Å². The van der Waals surface area contributed by atoms with Crippen LogP contribution in [0.3, 0.4) is 0 Å². The summed E-state index contributed by atoms with van der Waals surface area (Å²) in [4.78, 5) is 25.3. The van der Waals surface area contributed by atoms with Crippen molar-refractivity contribution in [1.82, 2.24) is 5.43 Å². The fourth-order valence-electron chi connectivity index (χ4n) is 3.74. The van der Waals surface area contributed by atoms with Gasteiger partial charge in [0, 0.05) is 33.8 Å². The largest absolute Gasteiger partial charge is 0.455 e. The van der Waals surface area contributed by atoms with Crippen LogP contribution < -0.4 is 10.7 Å².